The number of carbonyl (C=O) groups is 2. The highest BCUT2D eigenvalue weighted by Gasteiger charge is 2.24. The first-order chi connectivity index (χ1) is 12.9. The van der Waals surface area contributed by atoms with E-state index in [0.29, 0.717) is 4.88 Å². The van der Waals surface area contributed by atoms with Crippen molar-refractivity contribution in [2.75, 3.05) is 6.61 Å². The van der Waals surface area contributed by atoms with Crippen LogP contribution in [-0.4, -0.2) is 32.8 Å². The lowest BCUT2D eigenvalue weighted by molar-refractivity contribution is -0.144. The SMILES string of the molecule is Cc1ccc(C(=O)COC(=O)[C@H](C)NS(=O)(=O)c2ccc(C(C)(C)C)cc2)s1. The normalized spacial score (nSPS) is 13.2. The second-order valence-corrected chi connectivity index (χ2v) is 10.6. The zero-order valence-corrected chi connectivity index (χ0v) is 18.2. The van der Waals surface area contributed by atoms with Gasteiger partial charge in [-0.1, -0.05) is 32.9 Å². The van der Waals surface area contributed by atoms with Crippen molar-refractivity contribution in [3.05, 3.63) is 51.7 Å². The van der Waals surface area contributed by atoms with Crippen LogP contribution >= 0.6 is 11.3 Å². The second-order valence-electron chi connectivity index (χ2n) is 7.56. The zero-order valence-electron chi connectivity index (χ0n) is 16.6. The molecule has 1 heterocycles. The number of benzene rings is 1. The largest absolute Gasteiger partial charge is 0.456 e. The first-order valence-electron chi connectivity index (χ1n) is 8.79. The maximum atomic E-state index is 12.5. The van der Waals surface area contributed by atoms with Gasteiger partial charge in [0.1, 0.15) is 6.04 Å². The third-order valence-electron chi connectivity index (χ3n) is 4.08. The van der Waals surface area contributed by atoms with Crippen LogP contribution in [0.4, 0.5) is 0 Å². The molecule has 0 aliphatic carbocycles. The fourth-order valence-corrected chi connectivity index (χ4v) is 4.38. The van der Waals surface area contributed by atoms with E-state index in [2.05, 4.69) is 4.72 Å². The molecule has 1 aromatic carbocycles. The van der Waals surface area contributed by atoms with E-state index in [0.717, 1.165) is 10.4 Å². The number of esters is 1. The maximum absolute atomic E-state index is 12.5. The second kappa shape index (κ2) is 8.55. The predicted molar refractivity (Wildman–Crippen MR) is 109 cm³/mol. The molecule has 1 aromatic heterocycles. The van der Waals surface area contributed by atoms with Crippen LogP contribution in [0.3, 0.4) is 0 Å². The lowest BCUT2D eigenvalue weighted by Crippen LogP contribution is -2.40. The molecule has 152 valence electrons. The molecular weight excluding hydrogens is 398 g/mol. The molecule has 1 atom stereocenters. The monoisotopic (exact) mass is 423 g/mol. The Morgan fingerprint density at radius 2 is 1.71 bits per heavy atom. The number of ketones is 1. The van der Waals surface area contributed by atoms with E-state index in [4.69, 9.17) is 4.74 Å². The van der Waals surface area contributed by atoms with Crippen molar-refractivity contribution in [1.82, 2.24) is 4.72 Å². The number of sulfonamides is 1. The molecule has 2 rings (SSSR count). The zero-order chi connectivity index (χ0) is 21.1. The highest BCUT2D eigenvalue weighted by molar-refractivity contribution is 7.89. The summed E-state index contributed by atoms with van der Waals surface area (Å²) in [6.45, 7) is 8.93. The van der Waals surface area contributed by atoms with Crippen molar-refractivity contribution in [2.45, 2.75) is 51.0 Å². The summed E-state index contributed by atoms with van der Waals surface area (Å²) in [5, 5.41) is 0. The first-order valence-corrected chi connectivity index (χ1v) is 11.1. The van der Waals surface area contributed by atoms with Crippen molar-refractivity contribution in [1.29, 1.82) is 0 Å². The van der Waals surface area contributed by atoms with E-state index in [1.165, 1.54) is 30.4 Å². The average Bonchev–Trinajstić information content (AvgIpc) is 3.05. The number of ether oxygens (including phenoxy) is 1. The van der Waals surface area contributed by atoms with Crippen molar-refractivity contribution in [2.24, 2.45) is 0 Å². The summed E-state index contributed by atoms with van der Waals surface area (Å²) in [6.07, 6.45) is 0. The first kappa shape index (κ1) is 22.3. The lowest BCUT2D eigenvalue weighted by atomic mass is 9.87. The molecule has 0 amide bonds. The van der Waals surface area contributed by atoms with Crippen LogP contribution in [0.25, 0.3) is 0 Å². The molecule has 0 unspecified atom stereocenters. The van der Waals surface area contributed by atoms with Gasteiger partial charge >= 0.3 is 5.97 Å². The van der Waals surface area contributed by atoms with E-state index in [1.54, 1.807) is 24.3 Å². The fourth-order valence-electron chi connectivity index (χ4n) is 2.40. The highest BCUT2D eigenvalue weighted by atomic mass is 32.2. The van der Waals surface area contributed by atoms with Crippen molar-refractivity contribution in [3.8, 4) is 0 Å². The molecular formula is C20H25NO5S2. The van der Waals surface area contributed by atoms with E-state index in [1.807, 2.05) is 27.7 Å². The number of Topliss-reactive ketones (excluding diaryl/α,β-unsaturated/α-hetero) is 1. The maximum Gasteiger partial charge on any atom is 0.324 e. The number of thiophene rings is 1. The Hall–Kier alpha value is -2.03. The van der Waals surface area contributed by atoms with Gasteiger partial charge in [0, 0.05) is 4.88 Å². The topological polar surface area (TPSA) is 89.5 Å². The third kappa shape index (κ3) is 5.73. The van der Waals surface area contributed by atoms with Gasteiger partial charge in [-0.25, -0.2) is 8.42 Å². The minimum Gasteiger partial charge on any atom is -0.456 e. The number of aryl methyl sites for hydroxylation is 1. The van der Waals surface area contributed by atoms with Crippen LogP contribution < -0.4 is 4.72 Å². The summed E-state index contributed by atoms with van der Waals surface area (Å²) >= 11 is 1.31. The van der Waals surface area contributed by atoms with Gasteiger partial charge in [-0.05, 0) is 49.1 Å². The average molecular weight is 424 g/mol. The van der Waals surface area contributed by atoms with E-state index >= 15 is 0 Å². The molecule has 0 spiro atoms. The Bertz CT molecular complexity index is 953. The van der Waals surface area contributed by atoms with Gasteiger partial charge in [0.05, 0.1) is 9.77 Å². The summed E-state index contributed by atoms with van der Waals surface area (Å²) in [7, 11) is -3.89. The van der Waals surface area contributed by atoms with Crippen LogP contribution in [0, 0.1) is 6.92 Å². The lowest BCUT2D eigenvalue weighted by Gasteiger charge is -2.19. The Balaban J connectivity index is 1.97. The Labute approximate surface area is 170 Å². The summed E-state index contributed by atoms with van der Waals surface area (Å²) in [4.78, 5) is 25.6. The van der Waals surface area contributed by atoms with Crippen molar-refractivity contribution in [3.63, 3.8) is 0 Å². The standard InChI is InChI=1S/C20H25NO5S2/c1-13-6-11-18(27-13)17(22)12-26-19(23)14(2)21-28(24,25)16-9-7-15(8-10-16)20(3,4)5/h6-11,14,21H,12H2,1-5H3/t14-/m0/s1. The molecule has 0 fully saturated rings. The molecule has 28 heavy (non-hydrogen) atoms. The number of hydrogen-bond acceptors (Lipinski definition) is 6. The highest BCUT2D eigenvalue weighted by Crippen LogP contribution is 2.23. The minimum atomic E-state index is -3.89. The number of nitrogens with one attached hydrogen (secondary N) is 1. The van der Waals surface area contributed by atoms with Crippen LogP contribution in [-0.2, 0) is 25.0 Å². The van der Waals surface area contributed by atoms with Gasteiger partial charge < -0.3 is 4.74 Å². The minimum absolute atomic E-state index is 0.0605. The molecule has 6 nitrogen and oxygen atoms in total. The molecule has 0 bridgehead atoms. The summed E-state index contributed by atoms with van der Waals surface area (Å²) in [6, 6.07) is 8.86. The van der Waals surface area contributed by atoms with E-state index in [-0.39, 0.29) is 16.1 Å². The summed E-state index contributed by atoms with van der Waals surface area (Å²) in [5.74, 6) is -1.13. The Morgan fingerprint density at radius 3 is 2.21 bits per heavy atom. The molecule has 1 N–H and O–H groups in total. The third-order valence-corrected chi connectivity index (χ3v) is 6.68. The molecule has 0 saturated heterocycles. The van der Waals surface area contributed by atoms with Gasteiger partial charge in [0.2, 0.25) is 15.8 Å². The summed E-state index contributed by atoms with van der Waals surface area (Å²) in [5.41, 5.74) is 0.904. The van der Waals surface area contributed by atoms with Gasteiger partial charge in [-0.15, -0.1) is 11.3 Å². The van der Waals surface area contributed by atoms with Gasteiger partial charge in [0.15, 0.2) is 6.61 Å². The van der Waals surface area contributed by atoms with Crippen molar-refractivity contribution < 1.29 is 22.7 Å². The Kier molecular flexibility index (Phi) is 6.80. The molecule has 8 heteroatoms. The quantitative estimate of drug-likeness (QED) is 0.544. The Morgan fingerprint density at radius 1 is 1.11 bits per heavy atom. The molecule has 0 radical (unpaired) electrons. The molecule has 0 aliphatic heterocycles. The van der Waals surface area contributed by atoms with Crippen LogP contribution in [0.2, 0.25) is 0 Å². The molecule has 2 aromatic rings. The van der Waals surface area contributed by atoms with Gasteiger partial charge in [-0.2, -0.15) is 4.72 Å². The van der Waals surface area contributed by atoms with E-state index in [9.17, 15) is 18.0 Å². The van der Waals surface area contributed by atoms with Crippen LogP contribution in [0.15, 0.2) is 41.3 Å². The summed E-state index contributed by atoms with van der Waals surface area (Å²) < 4.78 is 32.2. The van der Waals surface area contributed by atoms with Gasteiger partial charge in [-0.3, -0.25) is 9.59 Å². The van der Waals surface area contributed by atoms with Crippen molar-refractivity contribution >= 4 is 33.1 Å². The molecule has 0 saturated carbocycles. The fraction of sp³-hybridized carbons (Fsp3) is 0.400. The number of hydrogen-bond donors (Lipinski definition) is 1. The van der Waals surface area contributed by atoms with Gasteiger partial charge in [0.25, 0.3) is 0 Å². The smallest absolute Gasteiger partial charge is 0.324 e. The van der Waals surface area contributed by atoms with Crippen LogP contribution in [0.5, 0.6) is 0 Å². The van der Waals surface area contributed by atoms with E-state index < -0.39 is 28.6 Å². The predicted octanol–water partition coefficient (Wildman–Crippen LogP) is 3.45. The number of rotatable bonds is 7. The van der Waals surface area contributed by atoms with Crippen LogP contribution in [0.1, 0.15) is 47.8 Å². The molecule has 0 aliphatic rings. The number of carbonyl (C=O) groups excluding carboxylic acids is 2.